The first-order chi connectivity index (χ1) is 10.2. The van der Waals surface area contributed by atoms with Crippen LogP contribution in [0.2, 0.25) is 0 Å². The summed E-state index contributed by atoms with van der Waals surface area (Å²) < 4.78 is 12.1. The van der Waals surface area contributed by atoms with Gasteiger partial charge in [-0.3, -0.25) is 0 Å². The Morgan fingerprint density at radius 3 is 2.32 bits per heavy atom. The number of nitrogens with one attached hydrogen (secondary N) is 2. The number of rotatable bonds is 6. The standard InChI is InChI=1S/C16H28BN3O2/c1-12(18-6)9-10-19-14-8-7-13(11-20-14)17-21-15(2,3)16(4,5)22-17/h7-8,11-12,18H,9-10H2,1-6H3,(H,19,20). The molecule has 1 fully saturated rings. The predicted octanol–water partition coefficient (Wildman–Crippen LogP) is 1.79. The van der Waals surface area contributed by atoms with E-state index in [-0.39, 0.29) is 18.3 Å². The van der Waals surface area contributed by atoms with Crippen molar-refractivity contribution in [3.8, 4) is 0 Å². The molecule has 0 aliphatic carbocycles. The molecule has 0 aromatic carbocycles. The Balaban J connectivity index is 1.93. The summed E-state index contributed by atoms with van der Waals surface area (Å²) in [6.07, 6.45) is 2.88. The van der Waals surface area contributed by atoms with Gasteiger partial charge in [-0.25, -0.2) is 4.98 Å². The molecule has 5 nitrogen and oxygen atoms in total. The van der Waals surface area contributed by atoms with Crippen LogP contribution in [0.4, 0.5) is 5.82 Å². The van der Waals surface area contributed by atoms with Crippen molar-refractivity contribution in [3.63, 3.8) is 0 Å². The molecule has 0 spiro atoms. The van der Waals surface area contributed by atoms with E-state index in [9.17, 15) is 0 Å². The van der Waals surface area contributed by atoms with Crippen LogP contribution in [0.5, 0.6) is 0 Å². The molecule has 0 radical (unpaired) electrons. The average Bonchev–Trinajstić information content (AvgIpc) is 2.68. The molecular formula is C16H28BN3O2. The largest absolute Gasteiger partial charge is 0.496 e. The summed E-state index contributed by atoms with van der Waals surface area (Å²) in [6, 6.07) is 4.49. The van der Waals surface area contributed by atoms with Gasteiger partial charge in [0.05, 0.1) is 11.2 Å². The minimum Gasteiger partial charge on any atom is -0.399 e. The van der Waals surface area contributed by atoms with E-state index in [1.165, 1.54) is 0 Å². The van der Waals surface area contributed by atoms with Crippen molar-refractivity contribution in [3.05, 3.63) is 18.3 Å². The molecule has 1 aliphatic heterocycles. The van der Waals surface area contributed by atoms with E-state index < -0.39 is 0 Å². The molecule has 122 valence electrons. The normalized spacial score (nSPS) is 20.9. The fourth-order valence-electron chi connectivity index (χ4n) is 2.19. The summed E-state index contributed by atoms with van der Waals surface area (Å²) in [5, 5.41) is 6.55. The molecule has 6 heteroatoms. The molecule has 0 saturated carbocycles. The summed E-state index contributed by atoms with van der Waals surface area (Å²) in [5.41, 5.74) is 0.309. The molecule has 0 amide bonds. The Labute approximate surface area is 134 Å². The number of pyridine rings is 1. The summed E-state index contributed by atoms with van der Waals surface area (Å²) in [4.78, 5) is 4.45. The van der Waals surface area contributed by atoms with Gasteiger partial charge in [0, 0.05) is 24.2 Å². The Morgan fingerprint density at radius 2 is 1.82 bits per heavy atom. The van der Waals surface area contributed by atoms with E-state index in [2.05, 4.69) is 50.2 Å². The van der Waals surface area contributed by atoms with Gasteiger partial charge in [0.15, 0.2) is 0 Å². The lowest BCUT2D eigenvalue weighted by Crippen LogP contribution is -2.41. The molecule has 2 N–H and O–H groups in total. The van der Waals surface area contributed by atoms with Gasteiger partial charge in [-0.2, -0.15) is 0 Å². The van der Waals surface area contributed by atoms with Crippen LogP contribution >= 0.6 is 0 Å². The summed E-state index contributed by atoms with van der Waals surface area (Å²) >= 11 is 0. The smallest absolute Gasteiger partial charge is 0.399 e. The van der Waals surface area contributed by atoms with E-state index >= 15 is 0 Å². The third kappa shape index (κ3) is 3.80. The third-order valence-corrected chi connectivity index (χ3v) is 4.69. The lowest BCUT2D eigenvalue weighted by Gasteiger charge is -2.32. The molecule has 1 unspecified atom stereocenters. The Bertz CT molecular complexity index is 475. The lowest BCUT2D eigenvalue weighted by atomic mass is 9.80. The van der Waals surface area contributed by atoms with Crippen molar-refractivity contribution in [2.45, 2.75) is 58.3 Å². The van der Waals surface area contributed by atoms with Crippen molar-refractivity contribution in [2.75, 3.05) is 18.9 Å². The van der Waals surface area contributed by atoms with Gasteiger partial charge in [0.25, 0.3) is 0 Å². The van der Waals surface area contributed by atoms with Gasteiger partial charge in [-0.15, -0.1) is 0 Å². The van der Waals surface area contributed by atoms with E-state index in [1.54, 1.807) is 0 Å². The van der Waals surface area contributed by atoms with Gasteiger partial charge < -0.3 is 19.9 Å². The van der Waals surface area contributed by atoms with Crippen LogP contribution in [-0.2, 0) is 9.31 Å². The average molecular weight is 305 g/mol. The summed E-state index contributed by atoms with van der Waals surface area (Å²) in [5.74, 6) is 0.878. The highest BCUT2D eigenvalue weighted by molar-refractivity contribution is 6.62. The monoisotopic (exact) mass is 305 g/mol. The first-order valence-corrected chi connectivity index (χ1v) is 7.98. The fraction of sp³-hybridized carbons (Fsp3) is 0.688. The molecule has 1 aromatic rings. The molecule has 2 heterocycles. The maximum atomic E-state index is 6.03. The second-order valence-electron chi connectivity index (χ2n) is 6.97. The van der Waals surface area contributed by atoms with Crippen molar-refractivity contribution < 1.29 is 9.31 Å². The molecule has 2 rings (SSSR count). The van der Waals surface area contributed by atoms with Gasteiger partial charge in [-0.05, 0) is 54.2 Å². The van der Waals surface area contributed by atoms with E-state index in [4.69, 9.17) is 9.31 Å². The zero-order valence-corrected chi connectivity index (χ0v) is 14.6. The maximum Gasteiger partial charge on any atom is 0.496 e. The predicted molar refractivity (Wildman–Crippen MR) is 91.6 cm³/mol. The van der Waals surface area contributed by atoms with Gasteiger partial charge in [0.1, 0.15) is 5.82 Å². The summed E-state index contributed by atoms with van der Waals surface area (Å²) in [7, 11) is 1.62. The molecule has 1 aliphatic rings. The van der Waals surface area contributed by atoms with E-state index in [0.29, 0.717) is 6.04 Å². The van der Waals surface area contributed by atoms with Crippen LogP contribution in [0.3, 0.4) is 0 Å². The minimum absolute atomic E-state index is 0.322. The molecule has 0 bridgehead atoms. The van der Waals surface area contributed by atoms with Crippen molar-refractivity contribution in [1.29, 1.82) is 0 Å². The van der Waals surface area contributed by atoms with Crippen LogP contribution in [0, 0.1) is 0 Å². The zero-order valence-electron chi connectivity index (χ0n) is 14.6. The maximum absolute atomic E-state index is 6.03. The van der Waals surface area contributed by atoms with E-state index in [0.717, 1.165) is 24.2 Å². The second-order valence-corrected chi connectivity index (χ2v) is 6.97. The molecule has 1 atom stereocenters. The second kappa shape index (κ2) is 6.56. The Hall–Kier alpha value is -1.11. The number of aromatic nitrogens is 1. The summed E-state index contributed by atoms with van der Waals surface area (Å²) in [6.45, 7) is 11.3. The van der Waals surface area contributed by atoms with Gasteiger partial charge in [-0.1, -0.05) is 6.07 Å². The van der Waals surface area contributed by atoms with Crippen LogP contribution in [-0.4, -0.2) is 42.9 Å². The van der Waals surface area contributed by atoms with Crippen LogP contribution in [0.1, 0.15) is 41.0 Å². The van der Waals surface area contributed by atoms with Gasteiger partial charge in [0.2, 0.25) is 0 Å². The van der Waals surface area contributed by atoms with Gasteiger partial charge >= 0.3 is 7.12 Å². The SMILES string of the molecule is CNC(C)CCNc1ccc(B2OC(C)(C)C(C)(C)O2)cn1. The molecule has 1 saturated heterocycles. The lowest BCUT2D eigenvalue weighted by molar-refractivity contribution is 0.00578. The van der Waals surface area contributed by atoms with Crippen LogP contribution in [0.25, 0.3) is 0 Å². The van der Waals surface area contributed by atoms with Crippen molar-refractivity contribution >= 4 is 18.4 Å². The molecular weight excluding hydrogens is 277 g/mol. The first-order valence-electron chi connectivity index (χ1n) is 7.98. The van der Waals surface area contributed by atoms with Crippen molar-refractivity contribution in [1.82, 2.24) is 10.3 Å². The van der Waals surface area contributed by atoms with Crippen molar-refractivity contribution in [2.24, 2.45) is 0 Å². The van der Waals surface area contributed by atoms with Crippen LogP contribution in [0.15, 0.2) is 18.3 Å². The number of hydrogen-bond acceptors (Lipinski definition) is 5. The minimum atomic E-state index is -0.351. The third-order valence-electron chi connectivity index (χ3n) is 4.69. The molecule has 22 heavy (non-hydrogen) atoms. The number of hydrogen-bond donors (Lipinski definition) is 2. The highest BCUT2D eigenvalue weighted by Crippen LogP contribution is 2.36. The van der Waals surface area contributed by atoms with Crippen LogP contribution < -0.4 is 16.1 Å². The topological polar surface area (TPSA) is 55.4 Å². The van der Waals surface area contributed by atoms with E-state index in [1.807, 2.05) is 25.4 Å². The number of nitrogens with zero attached hydrogens (tertiary/aromatic N) is 1. The fourth-order valence-corrected chi connectivity index (χ4v) is 2.19. The highest BCUT2D eigenvalue weighted by Gasteiger charge is 2.51. The first kappa shape index (κ1) is 17.3. The molecule has 1 aromatic heterocycles. The zero-order chi connectivity index (χ0) is 16.4. The Morgan fingerprint density at radius 1 is 1.18 bits per heavy atom. The highest BCUT2D eigenvalue weighted by atomic mass is 16.7. The number of anilines is 1. The Kier molecular flexibility index (Phi) is 5.15. The quantitative estimate of drug-likeness (QED) is 0.785.